The van der Waals surface area contributed by atoms with E-state index < -0.39 is 46.0 Å². The molecule has 2 amide bonds. The Labute approximate surface area is 155 Å². The van der Waals surface area contributed by atoms with Gasteiger partial charge in [0.2, 0.25) is 0 Å². The first-order valence-corrected chi connectivity index (χ1v) is 7.22. The fraction of sp³-hybridized carbons (Fsp3) is 0. The molecule has 138 valence electrons. The Morgan fingerprint density at radius 1 is 0.692 bits per heavy atom. The van der Waals surface area contributed by atoms with Crippen molar-refractivity contribution in [2.45, 2.75) is 0 Å². The number of hydrogen-bond acceptors (Lipinski definition) is 6. The van der Waals surface area contributed by atoms with Gasteiger partial charge in [0.1, 0.15) is 0 Å². The molecule has 0 bridgehead atoms. The zero-order chi connectivity index (χ0) is 20.0. The molecule has 0 spiro atoms. The molecule has 0 saturated heterocycles. The number of carbonyl (C=O) groups is 4. The molecule has 1 rings (SSSR count). The Hall–Kier alpha value is -3.52. The fourth-order valence-corrected chi connectivity index (χ4v) is 1.80. The van der Waals surface area contributed by atoms with E-state index in [1.54, 1.807) is 0 Å². The molecule has 0 aliphatic heterocycles. The monoisotopic (exact) mass is 400 g/mol. The summed E-state index contributed by atoms with van der Waals surface area (Å²) >= 11 is 8.98. The molecule has 0 heterocycles. The number of hydrogen-bond donors (Lipinski definition) is 8. The van der Waals surface area contributed by atoms with E-state index in [9.17, 15) is 29.4 Å². The number of nitrogens with one attached hydrogen (secondary N) is 4. The summed E-state index contributed by atoms with van der Waals surface area (Å²) in [5.74, 6) is -5.24. The Kier molecular flexibility index (Phi) is 6.74. The molecular weight excluding hydrogens is 388 g/mol. The van der Waals surface area contributed by atoms with Crippen LogP contribution < -0.4 is 33.2 Å². The zero-order valence-electron chi connectivity index (χ0n) is 12.7. The average molecular weight is 400 g/mol. The number of rotatable bonds is 4. The minimum absolute atomic E-state index is 0.309. The van der Waals surface area contributed by atoms with Gasteiger partial charge in [-0.25, -0.2) is 9.59 Å². The van der Waals surface area contributed by atoms with Gasteiger partial charge in [0.15, 0.2) is 10.2 Å². The third-order valence-corrected chi connectivity index (χ3v) is 2.91. The number of aromatic carboxylic acids is 2. The maximum Gasteiger partial charge on any atom is 0.336 e. The molecule has 0 saturated carbocycles. The Morgan fingerprint density at radius 3 is 1.27 bits per heavy atom. The lowest BCUT2D eigenvalue weighted by Gasteiger charge is -2.13. The smallest absolute Gasteiger partial charge is 0.336 e. The standard InChI is InChI=1S/C12H12N6O6S2/c13-11(25)17-15-7(19)3-1-4(8(20)16-18-12(14)26)6(10(23)24)2-5(3)9(21)22/h1-2H,(H,15,19)(H,16,20)(H,21,22)(H,23,24)(H3,13,17,25)(H3,14,18,26). The van der Waals surface area contributed by atoms with Gasteiger partial charge in [0.25, 0.3) is 11.8 Å². The van der Waals surface area contributed by atoms with Crippen molar-refractivity contribution < 1.29 is 29.4 Å². The SMILES string of the molecule is NC(=S)NNC(=O)c1cc(C(=O)NNC(N)=S)c(C(=O)O)cc1C(=O)O. The maximum absolute atomic E-state index is 12.1. The molecule has 0 aliphatic rings. The predicted molar refractivity (Wildman–Crippen MR) is 95.1 cm³/mol. The van der Waals surface area contributed by atoms with Gasteiger partial charge in [0, 0.05) is 0 Å². The van der Waals surface area contributed by atoms with Crippen LogP contribution in [0.25, 0.3) is 0 Å². The maximum atomic E-state index is 12.1. The molecule has 1 aromatic carbocycles. The zero-order valence-corrected chi connectivity index (χ0v) is 14.3. The van der Waals surface area contributed by atoms with Crippen molar-refractivity contribution in [3.8, 4) is 0 Å². The first-order valence-electron chi connectivity index (χ1n) is 6.40. The molecule has 0 unspecified atom stereocenters. The van der Waals surface area contributed by atoms with Gasteiger partial charge in [-0.1, -0.05) is 0 Å². The number of benzene rings is 1. The Morgan fingerprint density at radius 2 is 1.00 bits per heavy atom. The third kappa shape index (κ3) is 5.25. The highest BCUT2D eigenvalue weighted by Gasteiger charge is 2.25. The van der Waals surface area contributed by atoms with Gasteiger partial charge in [-0.3, -0.25) is 31.3 Å². The van der Waals surface area contributed by atoms with E-state index in [0.717, 1.165) is 6.07 Å². The van der Waals surface area contributed by atoms with Gasteiger partial charge >= 0.3 is 11.9 Å². The first kappa shape index (κ1) is 20.5. The molecule has 0 fully saturated rings. The predicted octanol–water partition coefficient (Wildman–Crippen LogP) is -1.96. The molecule has 0 aliphatic carbocycles. The van der Waals surface area contributed by atoms with Gasteiger partial charge in [-0.05, 0) is 36.6 Å². The second-order valence-electron chi connectivity index (χ2n) is 4.44. The summed E-state index contributed by atoms with van der Waals surface area (Å²) in [7, 11) is 0. The van der Waals surface area contributed by atoms with Crippen LogP contribution in [0.3, 0.4) is 0 Å². The van der Waals surface area contributed by atoms with E-state index in [0.29, 0.717) is 6.07 Å². The molecule has 10 N–H and O–H groups in total. The summed E-state index contributed by atoms with van der Waals surface area (Å²) in [5, 5.41) is 17.8. The quantitative estimate of drug-likeness (QED) is 0.205. The minimum Gasteiger partial charge on any atom is -0.478 e. The summed E-state index contributed by atoms with van der Waals surface area (Å²) in [6.07, 6.45) is 0. The summed E-state index contributed by atoms with van der Waals surface area (Å²) in [5.41, 5.74) is 16.1. The van der Waals surface area contributed by atoms with E-state index in [-0.39, 0.29) is 10.2 Å². The normalized spacial score (nSPS) is 9.54. The highest BCUT2D eigenvalue weighted by Crippen LogP contribution is 2.18. The largest absolute Gasteiger partial charge is 0.478 e. The molecule has 0 radical (unpaired) electrons. The molecule has 12 nitrogen and oxygen atoms in total. The second-order valence-corrected chi connectivity index (χ2v) is 5.32. The summed E-state index contributed by atoms with van der Waals surface area (Å²) in [4.78, 5) is 46.9. The number of hydrazine groups is 2. The topological polar surface area (TPSA) is 209 Å². The van der Waals surface area contributed by atoms with Crippen LogP contribution in [-0.2, 0) is 0 Å². The molecule has 26 heavy (non-hydrogen) atoms. The average Bonchev–Trinajstić information content (AvgIpc) is 2.55. The summed E-state index contributed by atoms with van der Waals surface area (Å²) in [6, 6.07) is 1.44. The van der Waals surface area contributed by atoms with Gasteiger partial charge in [-0.15, -0.1) is 0 Å². The van der Waals surface area contributed by atoms with Crippen molar-refractivity contribution >= 4 is 58.4 Å². The molecule has 0 aromatic heterocycles. The van der Waals surface area contributed by atoms with Crippen molar-refractivity contribution in [3.05, 3.63) is 34.4 Å². The van der Waals surface area contributed by atoms with Crippen molar-refractivity contribution in [1.29, 1.82) is 0 Å². The van der Waals surface area contributed by atoms with Crippen molar-refractivity contribution in [2.24, 2.45) is 11.5 Å². The lowest BCUT2D eigenvalue weighted by molar-refractivity contribution is 0.0687. The lowest BCUT2D eigenvalue weighted by Crippen LogP contribution is -2.45. The number of carbonyl (C=O) groups excluding carboxylic acids is 2. The van der Waals surface area contributed by atoms with Gasteiger partial charge in [-0.2, -0.15) is 0 Å². The Bertz CT molecular complexity index is 763. The van der Waals surface area contributed by atoms with Crippen LogP contribution in [0.5, 0.6) is 0 Å². The van der Waals surface area contributed by atoms with E-state index in [4.69, 9.17) is 11.5 Å². The van der Waals surface area contributed by atoms with Crippen molar-refractivity contribution in [1.82, 2.24) is 21.7 Å². The molecular formula is C12H12N6O6S2. The van der Waals surface area contributed by atoms with Crippen LogP contribution in [0, 0.1) is 0 Å². The van der Waals surface area contributed by atoms with Gasteiger partial charge < -0.3 is 21.7 Å². The number of carboxylic acid groups (broad SMARTS) is 2. The number of nitrogens with two attached hydrogens (primary N) is 2. The minimum atomic E-state index is -1.60. The second kappa shape index (κ2) is 8.54. The Balaban J connectivity index is 3.45. The van der Waals surface area contributed by atoms with E-state index in [1.807, 2.05) is 10.9 Å². The van der Waals surface area contributed by atoms with E-state index in [2.05, 4.69) is 35.3 Å². The van der Waals surface area contributed by atoms with Crippen LogP contribution in [0.4, 0.5) is 0 Å². The fourth-order valence-electron chi connectivity index (χ4n) is 1.70. The number of thiocarbonyl (C=S) groups is 2. The summed E-state index contributed by atoms with van der Waals surface area (Å²) < 4.78 is 0. The molecule has 14 heteroatoms. The van der Waals surface area contributed by atoms with Crippen molar-refractivity contribution in [2.75, 3.05) is 0 Å². The highest BCUT2D eigenvalue weighted by molar-refractivity contribution is 7.80. The van der Waals surface area contributed by atoms with E-state index in [1.165, 1.54) is 0 Å². The van der Waals surface area contributed by atoms with E-state index >= 15 is 0 Å². The van der Waals surface area contributed by atoms with Crippen LogP contribution in [0.2, 0.25) is 0 Å². The third-order valence-electron chi connectivity index (χ3n) is 2.71. The molecule has 1 aromatic rings. The number of amides is 2. The van der Waals surface area contributed by atoms with Gasteiger partial charge in [0.05, 0.1) is 22.3 Å². The van der Waals surface area contributed by atoms with Crippen LogP contribution in [0.15, 0.2) is 12.1 Å². The van der Waals surface area contributed by atoms with Crippen LogP contribution >= 0.6 is 24.4 Å². The summed E-state index contributed by atoms with van der Waals surface area (Å²) in [6.45, 7) is 0. The van der Waals surface area contributed by atoms with Crippen molar-refractivity contribution in [3.63, 3.8) is 0 Å². The van der Waals surface area contributed by atoms with Crippen LogP contribution in [0.1, 0.15) is 41.4 Å². The lowest BCUT2D eigenvalue weighted by atomic mass is 9.97. The van der Waals surface area contributed by atoms with Crippen LogP contribution in [-0.4, -0.2) is 44.2 Å². The number of carboxylic acids is 2. The first-order chi connectivity index (χ1) is 12.0. The highest BCUT2D eigenvalue weighted by atomic mass is 32.1. The molecule has 0 atom stereocenters.